The first kappa shape index (κ1) is 8.28. The Kier molecular flexibility index (Phi) is 2.11. The second-order valence-electron chi connectivity index (χ2n) is 2.25. The number of benzene rings is 1. The number of hydrogen-bond acceptors (Lipinski definition) is 2. The Hall–Kier alpha value is -1.82. The zero-order valence-electron chi connectivity index (χ0n) is 5.70. The van der Waals surface area contributed by atoms with Gasteiger partial charge in [0.1, 0.15) is 0 Å². The predicted molar refractivity (Wildman–Crippen MR) is 47.5 cm³/mol. The maximum absolute atomic E-state index is 8.55. The van der Waals surface area contributed by atoms with Crippen molar-refractivity contribution in [1.29, 1.82) is 5.26 Å². The Balaban J connectivity index is 0.000000720. The van der Waals surface area contributed by atoms with Crippen molar-refractivity contribution in [3.63, 3.8) is 0 Å². The molecule has 1 aromatic carbocycles. The van der Waals surface area contributed by atoms with Crippen LogP contribution in [-0.4, -0.2) is 9.97 Å². The van der Waals surface area contributed by atoms with Crippen LogP contribution in [0, 0.1) is 11.3 Å². The van der Waals surface area contributed by atoms with E-state index >= 15 is 0 Å². The summed E-state index contributed by atoms with van der Waals surface area (Å²) in [6.45, 7) is 0. The fourth-order valence-electron chi connectivity index (χ4n) is 1.01. The molecule has 0 saturated heterocycles. The Bertz CT molecular complexity index is 423. The number of aromatic amines is 1. The third kappa shape index (κ3) is 1.15. The van der Waals surface area contributed by atoms with Gasteiger partial charge in [0.2, 0.25) is 0 Å². The van der Waals surface area contributed by atoms with Gasteiger partial charge in [-0.1, -0.05) is 7.43 Å². The number of nitrogens with zero attached hydrogens (tertiary/aromatic N) is 2. The van der Waals surface area contributed by atoms with Crippen molar-refractivity contribution in [2.75, 3.05) is 0 Å². The normalized spacial score (nSPS) is 8.92. The zero-order chi connectivity index (χ0) is 7.68. The first-order valence-corrected chi connectivity index (χ1v) is 3.23. The third-order valence-electron chi connectivity index (χ3n) is 1.55. The standard InChI is InChI=1S/C8H5N3.CH4/c9-4-6-1-2-7-8(3-6)11-5-10-7;/h1-3,5H,(H,10,11);1H4. The minimum atomic E-state index is 0. The predicted octanol–water partition coefficient (Wildman–Crippen LogP) is 2.07. The summed E-state index contributed by atoms with van der Waals surface area (Å²) in [5, 5.41) is 8.55. The van der Waals surface area contributed by atoms with E-state index in [2.05, 4.69) is 16.0 Å². The molecule has 12 heavy (non-hydrogen) atoms. The Labute approximate surface area is 70.7 Å². The lowest BCUT2D eigenvalue weighted by Crippen LogP contribution is -1.73. The number of aromatic nitrogens is 2. The van der Waals surface area contributed by atoms with Crippen LogP contribution in [0.2, 0.25) is 0 Å². The largest absolute Gasteiger partial charge is 0.345 e. The number of nitrogens with one attached hydrogen (secondary N) is 1. The molecular weight excluding hydrogens is 150 g/mol. The molecule has 3 heteroatoms. The van der Waals surface area contributed by atoms with E-state index in [0.717, 1.165) is 11.0 Å². The number of hydrogen-bond donors (Lipinski definition) is 1. The lowest BCUT2D eigenvalue weighted by molar-refractivity contribution is 1.34. The monoisotopic (exact) mass is 159 g/mol. The molecule has 1 aromatic heterocycles. The quantitative estimate of drug-likeness (QED) is 0.639. The molecule has 0 unspecified atom stereocenters. The van der Waals surface area contributed by atoms with Crippen molar-refractivity contribution in [3.05, 3.63) is 30.1 Å². The SMILES string of the molecule is C.N#Cc1ccc2nc[nH]c2c1. The molecule has 0 amide bonds. The fourth-order valence-corrected chi connectivity index (χ4v) is 1.01. The van der Waals surface area contributed by atoms with Gasteiger partial charge in [0.25, 0.3) is 0 Å². The van der Waals surface area contributed by atoms with Crippen molar-refractivity contribution >= 4 is 11.0 Å². The van der Waals surface area contributed by atoms with E-state index in [1.165, 1.54) is 0 Å². The van der Waals surface area contributed by atoms with Gasteiger partial charge in [-0.15, -0.1) is 0 Å². The molecule has 2 aromatic rings. The van der Waals surface area contributed by atoms with Gasteiger partial charge < -0.3 is 4.98 Å². The molecule has 1 heterocycles. The summed E-state index contributed by atoms with van der Waals surface area (Å²) >= 11 is 0. The average Bonchev–Trinajstić information content (AvgIpc) is 2.50. The van der Waals surface area contributed by atoms with Crippen molar-refractivity contribution in [2.45, 2.75) is 7.43 Å². The first-order chi connectivity index (χ1) is 5.40. The number of H-pyrrole nitrogens is 1. The number of fused-ring (bicyclic) bond motifs is 1. The van der Waals surface area contributed by atoms with Crippen LogP contribution in [0.1, 0.15) is 13.0 Å². The minimum absolute atomic E-state index is 0. The summed E-state index contributed by atoms with van der Waals surface area (Å²) in [6, 6.07) is 7.42. The molecule has 0 aliphatic carbocycles. The number of imidazole rings is 1. The highest BCUT2D eigenvalue weighted by molar-refractivity contribution is 5.75. The van der Waals surface area contributed by atoms with Crippen molar-refractivity contribution in [2.24, 2.45) is 0 Å². The Morgan fingerprint density at radius 3 is 3.00 bits per heavy atom. The topological polar surface area (TPSA) is 52.5 Å². The summed E-state index contributed by atoms with van der Waals surface area (Å²) in [4.78, 5) is 6.96. The molecule has 0 saturated carbocycles. The molecule has 3 nitrogen and oxygen atoms in total. The van der Waals surface area contributed by atoms with Gasteiger partial charge in [0, 0.05) is 0 Å². The van der Waals surface area contributed by atoms with Crippen molar-refractivity contribution in [1.82, 2.24) is 9.97 Å². The van der Waals surface area contributed by atoms with Crippen LogP contribution in [0.5, 0.6) is 0 Å². The third-order valence-corrected chi connectivity index (χ3v) is 1.55. The van der Waals surface area contributed by atoms with E-state index < -0.39 is 0 Å². The van der Waals surface area contributed by atoms with Crippen LogP contribution in [0.3, 0.4) is 0 Å². The van der Waals surface area contributed by atoms with E-state index in [4.69, 9.17) is 5.26 Å². The Morgan fingerprint density at radius 2 is 2.25 bits per heavy atom. The summed E-state index contributed by atoms with van der Waals surface area (Å²) in [7, 11) is 0. The van der Waals surface area contributed by atoms with Gasteiger partial charge >= 0.3 is 0 Å². The second-order valence-corrected chi connectivity index (χ2v) is 2.25. The van der Waals surface area contributed by atoms with Crippen LogP contribution in [0.15, 0.2) is 24.5 Å². The molecule has 0 bridgehead atoms. The van der Waals surface area contributed by atoms with E-state index in [1.807, 2.05) is 6.07 Å². The number of rotatable bonds is 0. The maximum Gasteiger partial charge on any atom is 0.0992 e. The maximum atomic E-state index is 8.55. The second kappa shape index (κ2) is 3.05. The molecule has 60 valence electrons. The summed E-state index contributed by atoms with van der Waals surface area (Å²) < 4.78 is 0. The van der Waals surface area contributed by atoms with E-state index in [0.29, 0.717) is 5.56 Å². The highest BCUT2D eigenvalue weighted by Gasteiger charge is 1.95. The van der Waals surface area contributed by atoms with E-state index in [9.17, 15) is 0 Å². The molecule has 2 rings (SSSR count). The van der Waals surface area contributed by atoms with Gasteiger partial charge in [0.05, 0.1) is 29.0 Å². The van der Waals surface area contributed by atoms with Crippen molar-refractivity contribution < 1.29 is 0 Å². The van der Waals surface area contributed by atoms with E-state index in [1.54, 1.807) is 18.5 Å². The summed E-state index contributed by atoms with van der Waals surface area (Å²) in [5.74, 6) is 0. The smallest absolute Gasteiger partial charge is 0.0992 e. The lowest BCUT2D eigenvalue weighted by Gasteiger charge is -1.87. The lowest BCUT2D eigenvalue weighted by atomic mass is 10.2. The van der Waals surface area contributed by atoms with Gasteiger partial charge in [-0.2, -0.15) is 5.26 Å². The van der Waals surface area contributed by atoms with Crippen LogP contribution in [-0.2, 0) is 0 Å². The van der Waals surface area contributed by atoms with Crippen LogP contribution >= 0.6 is 0 Å². The molecular formula is C9H9N3. The van der Waals surface area contributed by atoms with Gasteiger partial charge in [0.15, 0.2) is 0 Å². The van der Waals surface area contributed by atoms with E-state index in [-0.39, 0.29) is 7.43 Å². The van der Waals surface area contributed by atoms with Gasteiger partial charge in [-0.3, -0.25) is 0 Å². The van der Waals surface area contributed by atoms with Crippen LogP contribution in [0.25, 0.3) is 11.0 Å². The Morgan fingerprint density at radius 1 is 1.42 bits per heavy atom. The summed E-state index contributed by atoms with van der Waals surface area (Å²) in [5.41, 5.74) is 2.45. The molecule has 0 aliphatic rings. The highest BCUT2D eigenvalue weighted by atomic mass is 14.9. The molecule has 0 fully saturated rings. The minimum Gasteiger partial charge on any atom is -0.345 e. The van der Waals surface area contributed by atoms with Crippen molar-refractivity contribution in [3.8, 4) is 6.07 Å². The zero-order valence-corrected chi connectivity index (χ0v) is 5.70. The van der Waals surface area contributed by atoms with Gasteiger partial charge in [-0.25, -0.2) is 4.98 Å². The fraction of sp³-hybridized carbons (Fsp3) is 0.111. The first-order valence-electron chi connectivity index (χ1n) is 3.23. The molecule has 0 aliphatic heterocycles. The number of nitriles is 1. The molecule has 0 atom stereocenters. The van der Waals surface area contributed by atoms with Crippen LogP contribution in [0.4, 0.5) is 0 Å². The average molecular weight is 159 g/mol. The molecule has 1 N–H and O–H groups in total. The van der Waals surface area contributed by atoms with Crippen LogP contribution < -0.4 is 0 Å². The van der Waals surface area contributed by atoms with Gasteiger partial charge in [-0.05, 0) is 18.2 Å². The highest BCUT2D eigenvalue weighted by Crippen LogP contribution is 2.09. The molecule has 0 radical (unpaired) electrons. The summed E-state index contributed by atoms with van der Waals surface area (Å²) in [6.07, 6.45) is 1.62. The molecule has 0 spiro atoms.